The van der Waals surface area contributed by atoms with Crippen LogP contribution in [0.3, 0.4) is 0 Å². The van der Waals surface area contributed by atoms with Gasteiger partial charge in [-0.25, -0.2) is 0 Å². The van der Waals surface area contributed by atoms with Crippen molar-refractivity contribution in [2.45, 2.75) is 64.4 Å². The molecule has 0 N–H and O–H groups in total. The SMILES string of the molecule is C[C@H]([C]1C=CC=C1P(c1ccco1)c1ccco1)P(C(C)(C)C)C(C)(C)C.[CH]1C=CC=C1.[Fe]. The number of rotatable bonds is 5. The van der Waals surface area contributed by atoms with Gasteiger partial charge in [-0.05, 0) is 45.6 Å². The van der Waals surface area contributed by atoms with E-state index in [4.69, 9.17) is 8.83 Å². The molecule has 1 atom stereocenters. The van der Waals surface area contributed by atoms with Crippen LogP contribution in [0, 0.1) is 12.3 Å². The summed E-state index contributed by atoms with van der Waals surface area (Å²) in [6, 6.07) is 8.09. The van der Waals surface area contributed by atoms with Gasteiger partial charge < -0.3 is 8.83 Å². The Kier molecular flexibility index (Phi) is 10.3. The summed E-state index contributed by atoms with van der Waals surface area (Å²) in [6.45, 7) is 16.8. The van der Waals surface area contributed by atoms with Gasteiger partial charge in [-0.2, -0.15) is 0 Å². The van der Waals surface area contributed by atoms with Crippen molar-refractivity contribution in [3.8, 4) is 0 Å². The van der Waals surface area contributed by atoms with Crippen molar-refractivity contribution in [3.63, 3.8) is 0 Å². The Morgan fingerprint density at radius 3 is 1.64 bits per heavy atom. The van der Waals surface area contributed by atoms with Crippen LogP contribution in [0.4, 0.5) is 0 Å². The first-order valence-electron chi connectivity index (χ1n) is 11.2. The largest absolute Gasteiger partial charge is 0.464 e. The zero-order valence-corrected chi connectivity index (χ0v) is 23.6. The minimum atomic E-state index is -0.808. The van der Waals surface area contributed by atoms with E-state index in [9.17, 15) is 0 Å². The second-order valence-corrected chi connectivity index (χ2v) is 16.2. The molecule has 0 fully saturated rings. The van der Waals surface area contributed by atoms with Gasteiger partial charge >= 0.3 is 0 Å². The molecule has 0 saturated heterocycles. The van der Waals surface area contributed by atoms with Crippen LogP contribution in [0.2, 0.25) is 0 Å². The Balaban J connectivity index is 0.000000568. The van der Waals surface area contributed by atoms with Crippen molar-refractivity contribution in [2.24, 2.45) is 0 Å². The maximum absolute atomic E-state index is 5.85. The Labute approximate surface area is 213 Å². The average molecular weight is 522 g/mol. The fourth-order valence-electron chi connectivity index (χ4n) is 4.75. The summed E-state index contributed by atoms with van der Waals surface area (Å²) in [5.41, 5.74) is 2.49. The molecule has 2 aliphatic carbocycles. The second-order valence-electron chi connectivity index (χ2n) is 9.95. The predicted octanol–water partition coefficient (Wildman–Crippen LogP) is 8.12. The van der Waals surface area contributed by atoms with Gasteiger partial charge in [0.1, 0.15) is 11.0 Å². The van der Waals surface area contributed by atoms with Crippen LogP contribution in [0.5, 0.6) is 0 Å². The van der Waals surface area contributed by atoms with Crippen molar-refractivity contribution in [3.05, 3.63) is 97.0 Å². The molecule has 0 aliphatic heterocycles. The first-order valence-corrected chi connectivity index (χ1v) is 13.9. The van der Waals surface area contributed by atoms with Crippen molar-refractivity contribution >= 4 is 26.8 Å². The molecule has 2 aromatic heterocycles. The van der Waals surface area contributed by atoms with Gasteiger partial charge in [-0.15, -0.1) is 0 Å². The molecule has 0 amide bonds. The van der Waals surface area contributed by atoms with Gasteiger partial charge in [0.15, 0.2) is 0 Å². The summed E-state index contributed by atoms with van der Waals surface area (Å²) in [5.74, 6) is 1.45. The maximum atomic E-state index is 5.85. The van der Waals surface area contributed by atoms with Crippen LogP contribution in [0.15, 0.2) is 93.5 Å². The van der Waals surface area contributed by atoms with Crippen molar-refractivity contribution in [1.82, 2.24) is 0 Å². The van der Waals surface area contributed by atoms with Crippen LogP contribution in [0.25, 0.3) is 0 Å². The quantitative estimate of drug-likeness (QED) is 0.293. The van der Waals surface area contributed by atoms with Crippen LogP contribution >= 0.6 is 15.8 Å². The monoisotopic (exact) mass is 522 g/mol. The zero-order valence-electron chi connectivity index (χ0n) is 20.7. The van der Waals surface area contributed by atoms with Gasteiger partial charge in [-0.1, -0.05) is 98.9 Å². The minimum Gasteiger partial charge on any atom is -0.464 e. The molecule has 2 aromatic rings. The summed E-state index contributed by atoms with van der Waals surface area (Å²) >= 11 is 0. The average Bonchev–Trinajstić information content (AvgIpc) is 3.48. The molecule has 4 rings (SSSR count). The van der Waals surface area contributed by atoms with E-state index >= 15 is 0 Å². The van der Waals surface area contributed by atoms with E-state index in [1.54, 1.807) is 12.5 Å². The van der Waals surface area contributed by atoms with Crippen molar-refractivity contribution in [2.75, 3.05) is 0 Å². The molecule has 0 unspecified atom stereocenters. The summed E-state index contributed by atoms with van der Waals surface area (Å²) in [5, 5.41) is 1.92. The van der Waals surface area contributed by atoms with Crippen molar-refractivity contribution in [1.29, 1.82) is 0 Å². The molecule has 2 heterocycles. The standard InChI is InChI=1S/C23H31O2P2.C5H5.Fe/c1-17(27(22(2,3)4)23(5,6)7)18-11-8-12-19(18)26(20-13-9-15-24-20)21-14-10-16-25-21;1-2-4-5-3-1;/h8-17H,1-7H3;1-5H;/t17-;;/m1../s1. The molecular formula is C28H36FeO2P2. The Morgan fingerprint density at radius 2 is 1.27 bits per heavy atom. The van der Waals surface area contributed by atoms with Crippen LogP contribution in [-0.4, -0.2) is 16.0 Å². The molecule has 178 valence electrons. The third-order valence-electron chi connectivity index (χ3n) is 5.36. The first kappa shape index (κ1) is 28.1. The molecule has 2 aliphatic rings. The number of hydrogen-bond donors (Lipinski definition) is 0. The smallest absolute Gasteiger partial charge is 0.137 e. The van der Waals surface area contributed by atoms with Crippen LogP contribution in [0.1, 0.15) is 48.5 Å². The zero-order chi connectivity index (χ0) is 23.4. The first-order chi connectivity index (χ1) is 15.1. The molecule has 0 bridgehead atoms. The van der Waals surface area contributed by atoms with Gasteiger partial charge in [0.2, 0.25) is 0 Å². The molecular weight excluding hydrogens is 486 g/mol. The Hall–Kier alpha value is -1.10. The fraction of sp³-hybridized carbons (Fsp3) is 0.357. The second kappa shape index (κ2) is 12.0. The molecule has 5 heteroatoms. The van der Waals surface area contributed by atoms with E-state index in [0.717, 1.165) is 11.0 Å². The van der Waals surface area contributed by atoms with E-state index in [1.165, 1.54) is 11.2 Å². The summed E-state index contributed by atoms with van der Waals surface area (Å²) in [6.07, 6.45) is 20.3. The normalized spacial score (nSPS) is 16.7. The fourth-order valence-corrected chi connectivity index (χ4v) is 11.9. The van der Waals surface area contributed by atoms with Gasteiger partial charge in [0.25, 0.3) is 0 Å². The maximum Gasteiger partial charge on any atom is 0.137 e. The van der Waals surface area contributed by atoms with E-state index in [-0.39, 0.29) is 35.3 Å². The molecule has 0 aromatic carbocycles. The van der Waals surface area contributed by atoms with Crippen LogP contribution in [-0.2, 0) is 17.1 Å². The van der Waals surface area contributed by atoms with Gasteiger partial charge in [-0.3, -0.25) is 0 Å². The Morgan fingerprint density at radius 1 is 0.758 bits per heavy atom. The third kappa shape index (κ3) is 7.19. The van der Waals surface area contributed by atoms with E-state index < -0.39 is 7.92 Å². The number of furan rings is 2. The molecule has 0 saturated carbocycles. The molecule has 2 nitrogen and oxygen atoms in total. The summed E-state index contributed by atoms with van der Waals surface area (Å²) in [7, 11) is -1.07. The van der Waals surface area contributed by atoms with Crippen molar-refractivity contribution < 1.29 is 25.9 Å². The van der Waals surface area contributed by atoms with E-state index in [1.807, 2.05) is 42.9 Å². The number of allylic oxidation sites excluding steroid dienone is 8. The van der Waals surface area contributed by atoms with Gasteiger partial charge in [0, 0.05) is 29.4 Å². The van der Waals surface area contributed by atoms with E-state index in [0.29, 0.717) is 5.66 Å². The summed E-state index contributed by atoms with van der Waals surface area (Å²) < 4.78 is 11.7. The minimum absolute atomic E-state index is 0. The third-order valence-corrected chi connectivity index (χ3v) is 11.6. The molecule has 33 heavy (non-hydrogen) atoms. The topological polar surface area (TPSA) is 26.3 Å². The number of hydrogen-bond acceptors (Lipinski definition) is 2. The molecule has 2 radical (unpaired) electrons. The Bertz CT molecular complexity index is 896. The summed E-state index contributed by atoms with van der Waals surface area (Å²) in [4.78, 5) is 0. The van der Waals surface area contributed by atoms with Crippen LogP contribution < -0.4 is 11.0 Å². The molecule has 0 spiro atoms. The van der Waals surface area contributed by atoms with Gasteiger partial charge in [0.05, 0.1) is 20.4 Å². The van der Waals surface area contributed by atoms with E-state index in [2.05, 4.69) is 78.8 Å². The predicted molar refractivity (Wildman–Crippen MR) is 143 cm³/mol.